The SMILES string of the molecule is C#CCCN(C)C(CC(C)O)CC(C)CCC. The fourth-order valence-corrected chi connectivity index (χ4v) is 2.35. The smallest absolute Gasteiger partial charge is 0.0527 e. The topological polar surface area (TPSA) is 23.5 Å². The van der Waals surface area contributed by atoms with Crippen LogP contribution >= 0.6 is 0 Å². The molecule has 0 aliphatic heterocycles. The fourth-order valence-electron chi connectivity index (χ4n) is 2.35. The van der Waals surface area contributed by atoms with E-state index < -0.39 is 0 Å². The summed E-state index contributed by atoms with van der Waals surface area (Å²) in [6, 6.07) is 0.449. The Morgan fingerprint density at radius 2 is 1.94 bits per heavy atom. The van der Waals surface area contributed by atoms with E-state index in [-0.39, 0.29) is 6.10 Å². The summed E-state index contributed by atoms with van der Waals surface area (Å²) in [5.74, 6) is 3.40. The van der Waals surface area contributed by atoms with Crippen molar-refractivity contribution in [2.75, 3.05) is 13.6 Å². The van der Waals surface area contributed by atoms with E-state index in [2.05, 4.69) is 31.7 Å². The van der Waals surface area contributed by atoms with Gasteiger partial charge in [-0.3, -0.25) is 0 Å². The highest BCUT2D eigenvalue weighted by molar-refractivity contribution is 4.85. The Hall–Kier alpha value is -0.520. The molecule has 0 aromatic carbocycles. The molecule has 0 aromatic heterocycles. The Kier molecular flexibility index (Phi) is 9.21. The van der Waals surface area contributed by atoms with Crippen LogP contribution in [0.15, 0.2) is 0 Å². The summed E-state index contributed by atoms with van der Waals surface area (Å²) in [7, 11) is 2.11. The van der Waals surface area contributed by atoms with Crippen molar-refractivity contribution in [3.63, 3.8) is 0 Å². The number of nitrogens with zero attached hydrogens (tertiary/aromatic N) is 1. The lowest BCUT2D eigenvalue weighted by Gasteiger charge is -2.30. The molecule has 0 aliphatic carbocycles. The van der Waals surface area contributed by atoms with Gasteiger partial charge in [-0.05, 0) is 32.7 Å². The zero-order chi connectivity index (χ0) is 13.3. The predicted molar refractivity (Wildman–Crippen MR) is 74.9 cm³/mol. The summed E-state index contributed by atoms with van der Waals surface area (Å²) >= 11 is 0. The number of hydrogen-bond donors (Lipinski definition) is 1. The molecule has 0 saturated carbocycles. The van der Waals surface area contributed by atoms with E-state index in [0.29, 0.717) is 6.04 Å². The van der Waals surface area contributed by atoms with Gasteiger partial charge in [-0.1, -0.05) is 26.7 Å². The van der Waals surface area contributed by atoms with Crippen molar-refractivity contribution in [1.29, 1.82) is 0 Å². The quantitative estimate of drug-likeness (QED) is 0.625. The van der Waals surface area contributed by atoms with Gasteiger partial charge in [0.05, 0.1) is 6.10 Å². The van der Waals surface area contributed by atoms with Gasteiger partial charge in [0.15, 0.2) is 0 Å². The Labute approximate surface area is 107 Å². The van der Waals surface area contributed by atoms with Crippen LogP contribution in [0.5, 0.6) is 0 Å². The van der Waals surface area contributed by atoms with Crippen LogP contribution in [0.2, 0.25) is 0 Å². The van der Waals surface area contributed by atoms with Crippen molar-refractivity contribution in [2.24, 2.45) is 5.92 Å². The van der Waals surface area contributed by atoms with Gasteiger partial charge >= 0.3 is 0 Å². The zero-order valence-electron chi connectivity index (χ0n) is 11.9. The summed E-state index contributed by atoms with van der Waals surface area (Å²) in [6.07, 6.45) is 10.3. The van der Waals surface area contributed by atoms with Gasteiger partial charge < -0.3 is 10.0 Å². The number of rotatable bonds is 9. The van der Waals surface area contributed by atoms with E-state index in [4.69, 9.17) is 6.42 Å². The van der Waals surface area contributed by atoms with Gasteiger partial charge in [0.1, 0.15) is 0 Å². The largest absolute Gasteiger partial charge is 0.393 e. The first kappa shape index (κ1) is 16.5. The molecule has 2 nitrogen and oxygen atoms in total. The van der Waals surface area contributed by atoms with E-state index in [1.807, 2.05) is 6.92 Å². The molecule has 0 rings (SSSR count). The summed E-state index contributed by atoms with van der Waals surface area (Å²) in [5, 5.41) is 9.57. The molecule has 0 amide bonds. The van der Waals surface area contributed by atoms with Crippen LogP contribution in [0.3, 0.4) is 0 Å². The monoisotopic (exact) mass is 239 g/mol. The maximum atomic E-state index is 9.57. The second kappa shape index (κ2) is 9.50. The number of terminal acetylenes is 1. The van der Waals surface area contributed by atoms with E-state index in [1.165, 1.54) is 12.8 Å². The summed E-state index contributed by atoms with van der Waals surface area (Å²) in [5.41, 5.74) is 0. The molecule has 17 heavy (non-hydrogen) atoms. The van der Waals surface area contributed by atoms with Crippen molar-refractivity contribution < 1.29 is 5.11 Å². The minimum atomic E-state index is -0.234. The molecule has 3 unspecified atom stereocenters. The van der Waals surface area contributed by atoms with Crippen LogP contribution < -0.4 is 0 Å². The highest BCUT2D eigenvalue weighted by Crippen LogP contribution is 2.19. The van der Waals surface area contributed by atoms with Crippen LogP contribution in [-0.4, -0.2) is 35.7 Å². The van der Waals surface area contributed by atoms with Crippen LogP contribution in [0.1, 0.15) is 52.9 Å². The Morgan fingerprint density at radius 3 is 2.41 bits per heavy atom. The van der Waals surface area contributed by atoms with Crippen molar-refractivity contribution >= 4 is 0 Å². The molecule has 0 heterocycles. The highest BCUT2D eigenvalue weighted by atomic mass is 16.3. The molecule has 1 N–H and O–H groups in total. The lowest BCUT2D eigenvalue weighted by atomic mass is 9.93. The maximum Gasteiger partial charge on any atom is 0.0527 e. The third-order valence-corrected chi connectivity index (χ3v) is 3.30. The van der Waals surface area contributed by atoms with Crippen LogP contribution in [0, 0.1) is 18.3 Å². The Balaban J connectivity index is 4.26. The number of hydrogen-bond acceptors (Lipinski definition) is 2. The van der Waals surface area contributed by atoms with Crippen molar-refractivity contribution in [1.82, 2.24) is 4.90 Å². The second-order valence-corrected chi connectivity index (χ2v) is 5.30. The molecule has 3 atom stereocenters. The molecule has 0 saturated heterocycles. The van der Waals surface area contributed by atoms with Gasteiger partial charge in [-0.25, -0.2) is 0 Å². The normalized spacial score (nSPS) is 16.5. The molecule has 100 valence electrons. The Bertz CT molecular complexity index is 219. The summed E-state index contributed by atoms with van der Waals surface area (Å²) in [6.45, 7) is 7.31. The lowest BCUT2D eigenvalue weighted by Crippen LogP contribution is -2.36. The van der Waals surface area contributed by atoms with Crippen LogP contribution in [-0.2, 0) is 0 Å². The summed E-state index contributed by atoms with van der Waals surface area (Å²) < 4.78 is 0. The van der Waals surface area contributed by atoms with E-state index >= 15 is 0 Å². The maximum absolute atomic E-state index is 9.57. The third kappa shape index (κ3) is 8.24. The molecule has 0 aromatic rings. The van der Waals surface area contributed by atoms with Crippen molar-refractivity contribution in [3.05, 3.63) is 0 Å². The van der Waals surface area contributed by atoms with E-state index in [1.54, 1.807) is 0 Å². The number of aliphatic hydroxyl groups excluding tert-OH is 1. The molecule has 2 heteroatoms. The zero-order valence-corrected chi connectivity index (χ0v) is 11.9. The molecule has 0 bridgehead atoms. The van der Waals surface area contributed by atoms with Gasteiger partial charge in [0.25, 0.3) is 0 Å². The first-order valence-electron chi connectivity index (χ1n) is 6.83. The van der Waals surface area contributed by atoms with Gasteiger partial charge in [-0.15, -0.1) is 12.3 Å². The Morgan fingerprint density at radius 1 is 1.29 bits per heavy atom. The first-order valence-corrected chi connectivity index (χ1v) is 6.83. The van der Waals surface area contributed by atoms with Gasteiger partial charge in [0, 0.05) is 19.0 Å². The van der Waals surface area contributed by atoms with Crippen molar-refractivity contribution in [2.45, 2.75) is 65.0 Å². The average molecular weight is 239 g/mol. The van der Waals surface area contributed by atoms with Gasteiger partial charge in [0.2, 0.25) is 0 Å². The second-order valence-electron chi connectivity index (χ2n) is 5.30. The number of aliphatic hydroxyl groups is 1. The van der Waals surface area contributed by atoms with Crippen LogP contribution in [0.25, 0.3) is 0 Å². The van der Waals surface area contributed by atoms with E-state index in [9.17, 15) is 5.11 Å². The molecule has 0 fully saturated rings. The van der Waals surface area contributed by atoms with E-state index in [0.717, 1.165) is 31.7 Å². The summed E-state index contributed by atoms with van der Waals surface area (Å²) in [4.78, 5) is 2.30. The fraction of sp³-hybridized carbons (Fsp3) is 0.867. The third-order valence-electron chi connectivity index (χ3n) is 3.30. The highest BCUT2D eigenvalue weighted by Gasteiger charge is 2.19. The first-order chi connectivity index (χ1) is 8.01. The molecule has 0 aliphatic rings. The average Bonchev–Trinajstić information content (AvgIpc) is 2.24. The molecule has 0 radical (unpaired) electrons. The standard InChI is InChI=1S/C15H29NO/c1-6-8-10-16(5)15(12-14(4)17)11-13(3)9-7-2/h1,13-15,17H,7-12H2,2-5H3. The molecular weight excluding hydrogens is 210 g/mol. The predicted octanol–water partition coefficient (Wildman–Crippen LogP) is 2.91. The van der Waals surface area contributed by atoms with Gasteiger partial charge in [-0.2, -0.15) is 0 Å². The van der Waals surface area contributed by atoms with Crippen molar-refractivity contribution in [3.8, 4) is 12.3 Å². The lowest BCUT2D eigenvalue weighted by molar-refractivity contribution is 0.114. The minimum Gasteiger partial charge on any atom is -0.393 e. The minimum absolute atomic E-state index is 0.234. The van der Waals surface area contributed by atoms with Crippen LogP contribution in [0.4, 0.5) is 0 Å². The molecular formula is C15H29NO. The molecule has 0 spiro atoms.